The first-order chi connectivity index (χ1) is 19.3. The van der Waals surface area contributed by atoms with Crippen LogP contribution in [0.15, 0.2) is 48.9 Å². The normalized spacial score (nSPS) is 17.4. The lowest BCUT2D eigenvalue weighted by Gasteiger charge is -2.34. The SMILES string of the molecule is CC1CCC(C(=O)N(c2cc(F)c(Oc3ncc(Cc4ccncc4)cc3C(F)(F)F)cc2C(=O)O)C(C)C)CC1. The monoisotopic (exact) mass is 573 g/mol. The molecule has 11 heteroatoms. The van der Waals surface area contributed by atoms with E-state index in [2.05, 4.69) is 16.9 Å². The summed E-state index contributed by atoms with van der Waals surface area (Å²) in [4.78, 5) is 34.6. The third-order valence-corrected chi connectivity index (χ3v) is 7.24. The quantitative estimate of drug-likeness (QED) is 0.285. The van der Waals surface area contributed by atoms with Gasteiger partial charge < -0.3 is 14.7 Å². The molecule has 7 nitrogen and oxygen atoms in total. The van der Waals surface area contributed by atoms with Gasteiger partial charge in [-0.3, -0.25) is 9.78 Å². The Labute approximate surface area is 235 Å². The lowest BCUT2D eigenvalue weighted by Crippen LogP contribution is -2.43. The maximum atomic E-state index is 15.4. The molecule has 2 heterocycles. The summed E-state index contributed by atoms with van der Waals surface area (Å²) in [7, 11) is 0. The van der Waals surface area contributed by atoms with Crippen molar-refractivity contribution in [2.24, 2.45) is 11.8 Å². The number of ether oxygens (including phenoxy) is 1. The van der Waals surface area contributed by atoms with Crippen LogP contribution in [-0.2, 0) is 17.4 Å². The minimum Gasteiger partial charge on any atom is -0.478 e. The number of hydrogen-bond acceptors (Lipinski definition) is 5. The lowest BCUT2D eigenvalue weighted by molar-refractivity contribution is -0.139. The van der Waals surface area contributed by atoms with Crippen molar-refractivity contribution >= 4 is 17.6 Å². The molecule has 4 rings (SSSR count). The van der Waals surface area contributed by atoms with Crippen LogP contribution in [0.25, 0.3) is 0 Å². The number of rotatable bonds is 8. The highest BCUT2D eigenvalue weighted by molar-refractivity contribution is 6.03. The first kappa shape index (κ1) is 30.0. The Morgan fingerprint density at radius 3 is 2.32 bits per heavy atom. The Morgan fingerprint density at radius 1 is 1.07 bits per heavy atom. The summed E-state index contributed by atoms with van der Waals surface area (Å²) in [5.74, 6) is -4.46. The molecule has 3 aromatic rings. The van der Waals surface area contributed by atoms with E-state index in [9.17, 15) is 27.9 Å². The number of amides is 1. The van der Waals surface area contributed by atoms with Gasteiger partial charge in [0.05, 0.1) is 11.3 Å². The molecule has 1 aromatic carbocycles. The number of aromatic carboxylic acids is 1. The molecule has 0 atom stereocenters. The number of pyridine rings is 2. The van der Waals surface area contributed by atoms with Gasteiger partial charge in [0.2, 0.25) is 11.8 Å². The van der Waals surface area contributed by atoms with Gasteiger partial charge in [0, 0.05) is 42.7 Å². The molecule has 0 unspecified atom stereocenters. The molecule has 0 saturated heterocycles. The largest absolute Gasteiger partial charge is 0.478 e. The highest BCUT2D eigenvalue weighted by atomic mass is 19.4. The number of hydrogen-bond donors (Lipinski definition) is 1. The fourth-order valence-corrected chi connectivity index (χ4v) is 5.06. The van der Waals surface area contributed by atoms with Gasteiger partial charge in [-0.25, -0.2) is 14.2 Å². The maximum absolute atomic E-state index is 15.4. The second-order valence-electron chi connectivity index (χ2n) is 10.7. The van der Waals surface area contributed by atoms with Gasteiger partial charge in [-0.15, -0.1) is 0 Å². The van der Waals surface area contributed by atoms with Gasteiger partial charge in [0.1, 0.15) is 5.56 Å². The second-order valence-corrected chi connectivity index (χ2v) is 10.7. The number of anilines is 1. The number of nitrogens with zero attached hydrogens (tertiary/aromatic N) is 3. The molecule has 1 aliphatic rings. The predicted molar refractivity (Wildman–Crippen MR) is 143 cm³/mol. The first-order valence-electron chi connectivity index (χ1n) is 13.4. The zero-order chi connectivity index (χ0) is 29.9. The summed E-state index contributed by atoms with van der Waals surface area (Å²) < 4.78 is 62.5. The van der Waals surface area contributed by atoms with E-state index in [-0.39, 0.29) is 29.5 Å². The summed E-state index contributed by atoms with van der Waals surface area (Å²) in [6.07, 6.45) is 2.44. The van der Waals surface area contributed by atoms with Gasteiger partial charge in [-0.2, -0.15) is 13.2 Å². The molecular formula is C30H31F4N3O4. The van der Waals surface area contributed by atoms with Crippen molar-refractivity contribution < 1.29 is 37.0 Å². The number of benzene rings is 1. The average molecular weight is 574 g/mol. The molecule has 0 aliphatic heterocycles. The van der Waals surface area contributed by atoms with Crippen molar-refractivity contribution in [3.05, 3.63) is 77.0 Å². The molecule has 1 saturated carbocycles. The second kappa shape index (κ2) is 12.2. The van der Waals surface area contributed by atoms with E-state index in [1.54, 1.807) is 26.0 Å². The molecule has 1 amide bonds. The number of carbonyl (C=O) groups is 2. The molecule has 1 aliphatic carbocycles. The van der Waals surface area contributed by atoms with E-state index in [0.717, 1.165) is 31.0 Å². The van der Waals surface area contributed by atoms with E-state index < -0.39 is 46.8 Å². The van der Waals surface area contributed by atoms with Crippen molar-refractivity contribution in [1.82, 2.24) is 9.97 Å². The number of aromatic nitrogens is 2. The van der Waals surface area contributed by atoms with E-state index >= 15 is 4.39 Å². The maximum Gasteiger partial charge on any atom is 0.421 e. The molecule has 1 N–H and O–H groups in total. The number of carboxylic acids is 1. The van der Waals surface area contributed by atoms with Crippen LogP contribution in [0.4, 0.5) is 23.2 Å². The van der Waals surface area contributed by atoms with E-state index in [0.29, 0.717) is 24.3 Å². The van der Waals surface area contributed by atoms with Crippen LogP contribution in [0.5, 0.6) is 11.6 Å². The Kier molecular flexibility index (Phi) is 8.94. The van der Waals surface area contributed by atoms with Crippen LogP contribution in [0.2, 0.25) is 0 Å². The third kappa shape index (κ3) is 7.01. The van der Waals surface area contributed by atoms with Crippen LogP contribution in [-0.4, -0.2) is 33.0 Å². The minimum absolute atomic E-state index is 0.143. The van der Waals surface area contributed by atoms with Crippen LogP contribution < -0.4 is 9.64 Å². The first-order valence-corrected chi connectivity index (χ1v) is 13.4. The van der Waals surface area contributed by atoms with Gasteiger partial charge >= 0.3 is 12.1 Å². The fraction of sp³-hybridized carbons (Fsp3) is 0.400. The number of carbonyl (C=O) groups excluding carboxylic acids is 1. The summed E-state index contributed by atoms with van der Waals surface area (Å²) >= 11 is 0. The molecule has 1 fully saturated rings. The highest BCUT2D eigenvalue weighted by Gasteiger charge is 2.37. The number of alkyl halides is 3. The molecule has 2 aromatic heterocycles. The molecule has 0 spiro atoms. The van der Waals surface area contributed by atoms with Crippen molar-refractivity contribution in [3.8, 4) is 11.6 Å². The van der Waals surface area contributed by atoms with Crippen LogP contribution in [0.3, 0.4) is 0 Å². The van der Waals surface area contributed by atoms with Crippen LogP contribution >= 0.6 is 0 Å². The van der Waals surface area contributed by atoms with E-state index in [1.807, 2.05) is 0 Å². The topological polar surface area (TPSA) is 92.6 Å². The Bertz CT molecular complexity index is 1400. The highest BCUT2D eigenvalue weighted by Crippen LogP contribution is 2.40. The Hall–Kier alpha value is -4.02. The summed E-state index contributed by atoms with van der Waals surface area (Å²) in [6.45, 7) is 5.47. The summed E-state index contributed by atoms with van der Waals surface area (Å²) in [6, 6.07) is 5.29. The zero-order valence-electron chi connectivity index (χ0n) is 22.9. The number of carboxylic acid groups (broad SMARTS) is 1. The predicted octanol–water partition coefficient (Wildman–Crippen LogP) is 7.28. The smallest absolute Gasteiger partial charge is 0.421 e. The van der Waals surface area contributed by atoms with Crippen molar-refractivity contribution in [2.45, 2.75) is 65.1 Å². The summed E-state index contributed by atoms with van der Waals surface area (Å²) in [5, 5.41) is 9.95. The molecular weight excluding hydrogens is 542 g/mol. The standard InChI is InChI=1S/C30H31F4N3O4/c1-17(2)37(28(38)21-6-4-18(3)5-7-21)25-15-24(31)26(14-22(25)29(39)40)41-27-23(30(32,33)34)13-20(16-36-27)12-19-8-10-35-11-9-19/h8-11,13-18,21H,4-7,12H2,1-3H3,(H,39,40). The third-order valence-electron chi connectivity index (χ3n) is 7.24. The van der Waals surface area contributed by atoms with Crippen molar-refractivity contribution in [3.63, 3.8) is 0 Å². The Balaban J connectivity index is 1.69. The van der Waals surface area contributed by atoms with Gasteiger partial charge in [-0.1, -0.05) is 6.92 Å². The number of halogens is 4. The van der Waals surface area contributed by atoms with E-state index in [1.165, 1.54) is 23.5 Å². The molecule has 218 valence electrons. The lowest BCUT2D eigenvalue weighted by atomic mass is 9.82. The fourth-order valence-electron chi connectivity index (χ4n) is 5.06. The van der Waals surface area contributed by atoms with Crippen LogP contribution in [0.1, 0.15) is 73.5 Å². The molecule has 0 radical (unpaired) electrons. The van der Waals surface area contributed by atoms with Gasteiger partial charge in [0.15, 0.2) is 11.6 Å². The van der Waals surface area contributed by atoms with Gasteiger partial charge in [0.25, 0.3) is 0 Å². The van der Waals surface area contributed by atoms with Crippen molar-refractivity contribution in [1.29, 1.82) is 0 Å². The summed E-state index contributed by atoms with van der Waals surface area (Å²) in [5.41, 5.74) is -0.951. The van der Waals surface area contributed by atoms with Crippen molar-refractivity contribution in [2.75, 3.05) is 4.90 Å². The average Bonchev–Trinajstić information content (AvgIpc) is 2.91. The van der Waals surface area contributed by atoms with Crippen LogP contribution in [0, 0.1) is 17.7 Å². The zero-order valence-corrected chi connectivity index (χ0v) is 22.9. The van der Waals surface area contributed by atoms with Gasteiger partial charge in [-0.05, 0) is 81.2 Å². The molecule has 41 heavy (non-hydrogen) atoms. The minimum atomic E-state index is -4.89. The molecule has 0 bridgehead atoms. The Morgan fingerprint density at radius 2 is 1.73 bits per heavy atom. The van der Waals surface area contributed by atoms with E-state index in [4.69, 9.17) is 4.74 Å².